The molecule has 0 saturated carbocycles. The Bertz CT molecular complexity index is 712. The average Bonchev–Trinajstić information content (AvgIpc) is 2.46. The largest absolute Gasteiger partial charge is 0.295 e. The Morgan fingerprint density at radius 1 is 1.25 bits per heavy atom. The lowest BCUT2D eigenvalue weighted by molar-refractivity contribution is 0.101. The van der Waals surface area contributed by atoms with E-state index in [-0.39, 0.29) is 17.2 Å². The summed E-state index contributed by atoms with van der Waals surface area (Å²) in [6, 6.07) is 9.48. The molecule has 0 atom stereocenters. The highest BCUT2D eigenvalue weighted by Crippen LogP contribution is 2.12. The van der Waals surface area contributed by atoms with E-state index in [1.807, 2.05) is 0 Å². The van der Waals surface area contributed by atoms with Gasteiger partial charge in [0.1, 0.15) is 0 Å². The van der Waals surface area contributed by atoms with Crippen LogP contribution in [-0.4, -0.2) is 19.2 Å². The number of nitrogens with zero attached hydrogens (tertiary/aromatic N) is 1. The molecule has 0 bridgehead atoms. The second-order valence-electron chi connectivity index (χ2n) is 4.27. The number of Topliss-reactive ketones (excluding diaryl/α,β-unsaturated/α-hetero) is 1. The predicted molar refractivity (Wildman–Crippen MR) is 74.7 cm³/mol. The summed E-state index contributed by atoms with van der Waals surface area (Å²) < 4.78 is 26.8. The van der Waals surface area contributed by atoms with Crippen LogP contribution in [0.15, 0.2) is 53.7 Å². The molecular formula is C14H14N2O3S. The van der Waals surface area contributed by atoms with E-state index in [4.69, 9.17) is 0 Å². The van der Waals surface area contributed by atoms with Crippen molar-refractivity contribution in [1.82, 2.24) is 9.71 Å². The highest BCUT2D eigenvalue weighted by molar-refractivity contribution is 7.89. The third kappa shape index (κ3) is 3.49. The number of nitrogens with one attached hydrogen (secondary N) is 1. The van der Waals surface area contributed by atoms with Crippen LogP contribution in [0, 0.1) is 0 Å². The second-order valence-corrected chi connectivity index (χ2v) is 6.04. The van der Waals surface area contributed by atoms with E-state index in [2.05, 4.69) is 9.71 Å². The van der Waals surface area contributed by atoms with E-state index in [1.54, 1.807) is 36.7 Å². The van der Waals surface area contributed by atoms with Gasteiger partial charge in [0.25, 0.3) is 0 Å². The summed E-state index contributed by atoms with van der Waals surface area (Å²) in [5, 5.41) is 0. The summed E-state index contributed by atoms with van der Waals surface area (Å²) in [4.78, 5) is 15.3. The first-order valence-corrected chi connectivity index (χ1v) is 7.47. The third-order valence-corrected chi connectivity index (χ3v) is 4.14. The standard InChI is InChI=1S/C14H14N2O3S/c1-11(17)13-5-2-6-14(8-13)20(18,19)16-10-12-4-3-7-15-9-12/h2-9,16H,10H2,1H3. The Kier molecular flexibility index (Phi) is 4.26. The van der Waals surface area contributed by atoms with Gasteiger partial charge in [-0.1, -0.05) is 18.2 Å². The van der Waals surface area contributed by atoms with Gasteiger partial charge >= 0.3 is 0 Å². The average molecular weight is 290 g/mol. The van der Waals surface area contributed by atoms with E-state index in [0.717, 1.165) is 5.56 Å². The molecule has 20 heavy (non-hydrogen) atoms. The Hall–Kier alpha value is -2.05. The van der Waals surface area contributed by atoms with E-state index in [1.165, 1.54) is 19.1 Å². The van der Waals surface area contributed by atoms with Crippen molar-refractivity contribution < 1.29 is 13.2 Å². The molecule has 104 valence electrons. The number of hydrogen-bond donors (Lipinski definition) is 1. The number of hydrogen-bond acceptors (Lipinski definition) is 4. The molecule has 0 spiro atoms. The lowest BCUT2D eigenvalue weighted by Crippen LogP contribution is -2.23. The van der Waals surface area contributed by atoms with Crippen LogP contribution in [0.5, 0.6) is 0 Å². The topological polar surface area (TPSA) is 76.1 Å². The second kappa shape index (κ2) is 5.94. The maximum absolute atomic E-state index is 12.1. The summed E-state index contributed by atoms with van der Waals surface area (Å²) in [5.41, 5.74) is 1.13. The van der Waals surface area contributed by atoms with Gasteiger partial charge in [-0.15, -0.1) is 0 Å². The monoisotopic (exact) mass is 290 g/mol. The molecule has 6 heteroatoms. The highest BCUT2D eigenvalue weighted by Gasteiger charge is 2.14. The zero-order valence-electron chi connectivity index (χ0n) is 10.9. The normalized spacial score (nSPS) is 11.2. The van der Waals surface area contributed by atoms with Gasteiger partial charge in [0, 0.05) is 24.5 Å². The van der Waals surface area contributed by atoms with Gasteiger partial charge in [-0.2, -0.15) is 0 Å². The van der Waals surface area contributed by atoms with E-state index >= 15 is 0 Å². The van der Waals surface area contributed by atoms with Gasteiger partial charge in [0.05, 0.1) is 4.90 Å². The van der Waals surface area contributed by atoms with Gasteiger partial charge in [0.15, 0.2) is 5.78 Å². The molecule has 0 saturated heterocycles. The Morgan fingerprint density at radius 2 is 2.05 bits per heavy atom. The first-order chi connectivity index (χ1) is 9.49. The molecule has 1 aromatic heterocycles. The zero-order chi connectivity index (χ0) is 14.6. The number of ketones is 1. The van der Waals surface area contributed by atoms with E-state index in [0.29, 0.717) is 5.56 Å². The van der Waals surface area contributed by atoms with Gasteiger partial charge in [0.2, 0.25) is 10.0 Å². The number of sulfonamides is 1. The number of benzene rings is 1. The molecule has 1 heterocycles. The van der Waals surface area contributed by atoms with Crippen molar-refractivity contribution in [2.24, 2.45) is 0 Å². The molecule has 0 radical (unpaired) electrons. The fraction of sp³-hybridized carbons (Fsp3) is 0.143. The van der Waals surface area contributed by atoms with Crippen molar-refractivity contribution in [3.8, 4) is 0 Å². The highest BCUT2D eigenvalue weighted by atomic mass is 32.2. The van der Waals surface area contributed by atoms with Crippen molar-refractivity contribution >= 4 is 15.8 Å². The minimum Gasteiger partial charge on any atom is -0.295 e. The van der Waals surface area contributed by atoms with Gasteiger partial charge in [-0.05, 0) is 30.7 Å². The van der Waals surface area contributed by atoms with Crippen LogP contribution >= 0.6 is 0 Å². The molecule has 0 aliphatic carbocycles. The molecular weight excluding hydrogens is 276 g/mol. The van der Waals surface area contributed by atoms with Crippen molar-refractivity contribution in [1.29, 1.82) is 0 Å². The summed E-state index contributed by atoms with van der Waals surface area (Å²) in [6.45, 7) is 1.55. The molecule has 2 rings (SSSR count). The molecule has 0 aliphatic heterocycles. The molecule has 0 unspecified atom stereocenters. The van der Waals surface area contributed by atoms with Crippen LogP contribution in [0.25, 0.3) is 0 Å². The van der Waals surface area contributed by atoms with Crippen molar-refractivity contribution in [2.75, 3.05) is 0 Å². The van der Waals surface area contributed by atoms with Crippen LogP contribution in [-0.2, 0) is 16.6 Å². The van der Waals surface area contributed by atoms with Gasteiger partial charge in [-0.25, -0.2) is 13.1 Å². The van der Waals surface area contributed by atoms with Crippen LogP contribution < -0.4 is 4.72 Å². The molecule has 5 nitrogen and oxygen atoms in total. The Morgan fingerprint density at radius 3 is 2.70 bits per heavy atom. The smallest absolute Gasteiger partial charge is 0.240 e. The zero-order valence-corrected chi connectivity index (χ0v) is 11.7. The fourth-order valence-electron chi connectivity index (χ4n) is 1.65. The van der Waals surface area contributed by atoms with Crippen LogP contribution in [0.1, 0.15) is 22.8 Å². The summed E-state index contributed by atoms with van der Waals surface area (Å²) in [7, 11) is -3.64. The van der Waals surface area contributed by atoms with Gasteiger partial charge in [-0.3, -0.25) is 9.78 Å². The lowest BCUT2D eigenvalue weighted by Gasteiger charge is -2.07. The number of carbonyl (C=O) groups excluding carboxylic acids is 1. The first-order valence-electron chi connectivity index (χ1n) is 5.98. The third-order valence-electron chi connectivity index (χ3n) is 2.74. The fourth-order valence-corrected chi connectivity index (χ4v) is 2.71. The van der Waals surface area contributed by atoms with E-state index < -0.39 is 10.0 Å². The number of rotatable bonds is 5. The Labute approximate surface area is 117 Å². The van der Waals surface area contributed by atoms with Crippen molar-refractivity contribution in [2.45, 2.75) is 18.4 Å². The summed E-state index contributed by atoms with van der Waals surface area (Å²) >= 11 is 0. The SMILES string of the molecule is CC(=O)c1cccc(S(=O)(=O)NCc2cccnc2)c1. The van der Waals surface area contributed by atoms with Crippen molar-refractivity contribution in [3.05, 3.63) is 59.9 Å². The molecule has 1 aromatic carbocycles. The molecule has 1 N–H and O–H groups in total. The van der Waals surface area contributed by atoms with Crippen LogP contribution in [0.2, 0.25) is 0 Å². The minimum absolute atomic E-state index is 0.0779. The molecule has 0 fully saturated rings. The number of pyridine rings is 1. The predicted octanol–water partition coefficient (Wildman–Crippen LogP) is 1.76. The molecule has 0 aliphatic rings. The first kappa shape index (κ1) is 14.4. The summed E-state index contributed by atoms with van der Waals surface area (Å²) in [6.07, 6.45) is 3.21. The number of aromatic nitrogens is 1. The maximum atomic E-state index is 12.1. The maximum Gasteiger partial charge on any atom is 0.240 e. The van der Waals surface area contributed by atoms with Crippen LogP contribution in [0.4, 0.5) is 0 Å². The van der Waals surface area contributed by atoms with E-state index in [9.17, 15) is 13.2 Å². The van der Waals surface area contributed by atoms with Crippen molar-refractivity contribution in [3.63, 3.8) is 0 Å². The van der Waals surface area contributed by atoms with Crippen LogP contribution in [0.3, 0.4) is 0 Å². The summed E-state index contributed by atoms with van der Waals surface area (Å²) in [5.74, 6) is -0.172. The lowest BCUT2D eigenvalue weighted by atomic mass is 10.2. The van der Waals surface area contributed by atoms with Gasteiger partial charge < -0.3 is 0 Å². The molecule has 0 amide bonds. The Balaban J connectivity index is 2.18. The minimum atomic E-state index is -3.64. The molecule has 2 aromatic rings. The number of carbonyl (C=O) groups is 1. The quantitative estimate of drug-likeness (QED) is 0.851.